The summed E-state index contributed by atoms with van der Waals surface area (Å²) in [5, 5.41) is 0.121. The van der Waals surface area contributed by atoms with Crippen LogP contribution in [0.25, 0.3) is 0 Å². The minimum Gasteiger partial charge on any atom is -0.411 e. The summed E-state index contributed by atoms with van der Waals surface area (Å²) in [5.41, 5.74) is 0. The predicted octanol–water partition coefficient (Wildman–Crippen LogP) is 4.04. The highest BCUT2D eigenvalue weighted by molar-refractivity contribution is 6.74. The normalized spacial score (nSPS) is 27.0. The molecule has 128 valence electrons. The molecule has 0 aromatic heterocycles. The van der Waals surface area contributed by atoms with E-state index in [2.05, 4.69) is 33.9 Å². The fraction of sp³-hybridized carbons (Fsp3) is 0.941. The second-order valence-electron chi connectivity index (χ2n) is 8.26. The molecule has 1 saturated heterocycles. The Hall–Kier alpha value is -0.233. The van der Waals surface area contributed by atoms with Gasteiger partial charge in [0.25, 0.3) is 0 Å². The van der Waals surface area contributed by atoms with E-state index in [1.54, 1.807) is 0 Å². The smallest absolute Gasteiger partial charge is 0.192 e. The van der Waals surface area contributed by atoms with Gasteiger partial charge in [0.2, 0.25) is 0 Å². The number of carbonyl (C=O) groups is 1. The summed E-state index contributed by atoms with van der Waals surface area (Å²) < 4.78 is 18.8. The molecule has 2 aliphatic rings. The monoisotopic (exact) mass is 328 g/mol. The molecule has 2 rings (SSSR count). The molecule has 0 aromatic carbocycles. The molecule has 1 aliphatic heterocycles. The number of hydrogen-bond acceptors (Lipinski definition) is 4. The van der Waals surface area contributed by atoms with E-state index in [1.807, 2.05) is 0 Å². The van der Waals surface area contributed by atoms with Crippen molar-refractivity contribution in [1.82, 2.24) is 0 Å². The molecule has 1 aliphatic carbocycles. The van der Waals surface area contributed by atoms with Crippen molar-refractivity contribution in [1.29, 1.82) is 0 Å². The lowest BCUT2D eigenvalue weighted by Gasteiger charge is -2.40. The lowest BCUT2D eigenvalue weighted by atomic mass is 9.94. The Kier molecular flexibility index (Phi) is 5.53. The molecular weight excluding hydrogens is 296 g/mol. The van der Waals surface area contributed by atoms with Crippen LogP contribution < -0.4 is 0 Å². The molecule has 1 saturated carbocycles. The van der Waals surface area contributed by atoms with Gasteiger partial charge in [0.1, 0.15) is 12.4 Å². The zero-order chi connectivity index (χ0) is 16.4. The minimum atomic E-state index is -1.93. The summed E-state index contributed by atoms with van der Waals surface area (Å²) in [6.07, 6.45) is 6.56. The number of ether oxygens (including phenoxy) is 2. The van der Waals surface area contributed by atoms with E-state index in [-0.39, 0.29) is 17.2 Å². The van der Waals surface area contributed by atoms with Gasteiger partial charge in [-0.3, -0.25) is 0 Å². The lowest BCUT2D eigenvalue weighted by Crippen LogP contribution is -2.48. The van der Waals surface area contributed by atoms with Crippen LogP contribution in [-0.4, -0.2) is 39.2 Å². The molecule has 0 amide bonds. The first-order chi connectivity index (χ1) is 10.2. The zero-order valence-electron chi connectivity index (χ0n) is 14.8. The SMILES string of the molecule is CC(C)(C)[Si](C)(C)O[C@H](CC=O)[C@H]1COC2(CCCCC2)O1. The number of hydrogen-bond donors (Lipinski definition) is 0. The summed E-state index contributed by atoms with van der Waals surface area (Å²) >= 11 is 0. The van der Waals surface area contributed by atoms with Crippen molar-refractivity contribution in [3.63, 3.8) is 0 Å². The highest BCUT2D eigenvalue weighted by Gasteiger charge is 2.47. The maximum Gasteiger partial charge on any atom is 0.192 e. The second kappa shape index (κ2) is 6.71. The van der Waals surface area contributed by atoms with Gasteiger partial charge in [-0.25, -0.2) is 0 Å². The van der Waals surface area contributed by atoms with Crippen LogP contribution in [0.1, 0.15) is 59.3 Å². The highest BCUT2D eigenvalue weighted by atomic mass is 28.4. The van der Waals surface area contributed by atoms with Crippen LogP contribution in [0.2, 0.25) is 18.1 Å². The van der Waals surface area contributed by atoms with E-state index < -0.39 is 14.1 Å². The highest BCUT2D eigenvalue weighted by Crippen LogP contribution is 2.42. The van der Waals surface area contributed by atoms with Crippen LogP contribution in [-0.2, 0) is 18.7 Å². The van der Waals surface area contributed by atoms with Crippen LogP contribution in [0.5, 0.6) is 0 Å². The van der Waals surface area contributed by atoms with Crippen molar-refractivity contribution in [2.24, 2.45) is 0 Å². The molecule has 0 N–H and O–H groups in total. The molecule has 22 heavy (non-hydrogen) atoms. The molecule has 0 unspecified atom stereocenters. The van der Waals surface area contributed by atoms with E-state index in [9.17, 15) is 4.79 Å². The van der Waals surface area contributed by atoms with E-state index in [0.717, 1.165) is 32.0 Å². The molecule has 1 heterocycles. The summed E-state index contributed by atoms with van der Waals surface area (Å²) in [5.74, 6) is -0.402. The van der Waals surface area contributed by atoms with Gasteiger partial charge in [-0.15, -0.1) is 0 Å². The Labute approximate surface area is 136 Å². The van der Waals surface area contributed by atoms with Gasteiger partial charge in [0.15, 0.2) is 14.1 Å². The van der Waals surface area contributed by atoms with Crippen LogP contribution >= 0.6 is 0 Å². The van der Waals surface area contributed by atoms with Gasteiger partial charge in [0, 0.05) is 19.3 Å². The first-order valence-electron chi connectivity index (χ1n) is 8.62. The molecular formula is C17H32O4Si. The van der Waals surface area contributed by atoms with Gasteiger partial charge in [-0.05, 0) is 31.0 Å². The first kappa shape index (κ1) is 18.1. The second-order valence-corrected chi connectivity index (χ2v) is 13.0. The van der Waals surface area contributed by atoms with Gasteiger partial charge in [-0.2, -0.15) is 0 Å². The molecule has 0 radical (unpaired) electrons. The van der Waals surface area contributed by atoms with Crippen LogP contribution in [0, 0.1) is 0 Å². The summed E-state index contributed by atoms with van der Waals surface area (Å²) in [6.45, 7) is 11.6. The van der Waals surface area contributed by atoms with Crippen molar-refractivity contribution in [3.8, 4) is 0 Å². The maximum atomic E-state index is 11.1. The molecule has 2 fully saturated rings. The van der Waals surface area contributed by atoms with Gasteiger partial charge in [0.05, 0.1) is 12.7 Å². The number of carbonyl (C=O) groups excluding carboxylic acids is 1. The third-order valence-electron chi connectivity index (χ3n) is 5.49. The fourth-order valence-electron chi connectivity index (χ4n) is 3.04. The largest absolute Gasteiger partial charge is 0.411 e. The summed E-state index contributed by atoms with van der Waals surface area (Å²) in [6, 6.07) is 0. The fourth-order valence-corrected chi connectivity index (χ4v) is 4.40. The van der Waals surface area contributed by atoms with Gasteiger partial charge >= 0.3 is 0 Å². The van der Waals surface area contributed by atoms with Crippen molar-refractivity contribution in [3.05, 3.63) is 0 Å². The molecule has 5 heteroatoms. The first-order valence-corrected chi connectivity index (χ1v) is 11.5. The Morgan fingerprint density at radius 3 is 2.45 bits per heavy atom. The standard InChI is InChI=1S/C17H32O4Si/c1-16(2,3)22(4,5)21-14(9-12-18)15-13-19-17(20-15)10-7-6-8-11-17/h12,14-15H,6-11,13H2,1-5H3/t14-,15-/m1/s1. The average molecular weight is 329 g/mol. The van der Waals surface area contributed by atoms with Crippen LogP contribution in [0.4, 0.5) is 0 Å². The Morgan fingerprint density at radius 1 is 1.27 bits per heavy atom. The number of aldehydes is 1. The molecule has 2 atom stereocenters. The Balaban J connectivity index is 2.04. The van der Waals surface area contributed by atoms with Crippen LogP contribution in [0.15, 0.2) is 0 Å². The van der Waals surface area contributed by atoms with E-state index in [4.69, 9.17) is 13.9 Å². The van der Waals surface area contributed by atoms with E-state index in [1.165, 1.54) is 6.42 Å². The van der Waals surface area contributed by atoms with E-state index in [0.29, 0.717) is 13.0 Å². The molecule has 0 bridgehead atoms. The zero-order valence-corrected chi connectivity index (χ0v) is 15.8. The van der Waals surface area contributed by atoms with Crippen molar-refractivity contribution in [2.75, 3.05) is 6.61 Å². The molecule has 1 spiro atoms. The van der Waals surface area contributed by atoms with Crippen LogP contribution in [0.3, 0.4) is 0 Å². The summed E-state index contributed by atoms with van der Waals surface area (Å²) in [4.78, 5) is 11.1. The quantitative estimate of drug-likeness (QED) is 0.564. The van der Waals surface area contributed by atoms with Crippen molar-refractivity contribution in [2.45, 2.75) is 95.4 Å². The van der Waals surface area contributed by atoms with Crippen molar-refractivity contribution >= 4 is 14.6 Å². The summed E-state index contributed by atoms with van der Waals surface area (Å²) in [7, 11) is -1.93. The lowest BCUT2D eigenvalue weighted by molar-refractivity contribution is -0.194. The van der Waals surface area contributed by atoms with E-state index >= 15 is 0 Å². The van der Waals surface area contributed by atoms with Crippen molar-refractivity contribution < 1.29 is 18.7 Å². The third kappa shape index (κ3) is 3.99. The minimum absolute atomic E-state index is 0.113. The Bertz CT molecular complexity index is 383. The molecule has 4 nitrogen and oxygen atoms in total. The maximum absolute atomic E-state index is 11.1. The predicted molar refractivity (Wildman–Crippen MR) is 89.4 cm³/mol. The topological polar surface area (TPSA) is 44.8 Å². The molecule has 0 aromatic rings. The third-order valence-corrected chi connectivity index (χ3v) is 9.99. The average Bonchev–Trinajstić information content (AvgIpc) is 2.81. The van der Waals surface area contributed by atoms with Gasteiger partial charge in [-0.1, -0.05) is 27.2 Å². The Morgan fingerprint density at radius 2 is 1.91 bits per heavy atom. The van der Waals surface area contributed by atoms with Gasteiger partial charge < -0.3 is 18.7 Å². The number of rotatable bonds is 5.